The highest BCUT2D eigenvalue weighted by Gasteiger charge is 2.07. The summed E-state index contributed by atoms with van der Waals surface area (Å²) in [4.78, 5) is 22.1. The summed E-state index contributed by atoms with van der Waals surface area (Å²) in [6.07, 6.45) is 3.16. The van der Waals surface area contributed by atoms with Crippen molar-refractivity contribution >= 4 is 17.8 Å². The molecule has 3 heteroatoms. The van der Waals surface area contributed by atoms with E-state index < -0.39 is 5.97 Å². The molecule has 0 amide bonds. The van der Waals surface area contributed by atoms with Gasteiger partial charge >= 0.3 is 5.97 Å². The molecular formula is C14H14O3. The van der Waals surface area contributed by atoms with E-state index in [0.717, 1.165) is 11.6 Å². The molecule has 0 spiro atoms. The summed E-state index contributed by atoms with van der Waals surface area (Å²) < 4.78 is 0. The molecular weight excluding hydrogens is 216 g/mol. The lowest BCUT2D eigenvalue weighted by Crippen LogP contribution is -2.01. The summed E-state index contributed by atoms with van der Waals surface area (Å²) in [6.45, 7) is 5.57. The first kappa shape index (κ1) is 12.9. The lowest BCUT2D eigenvalue weighted by Gasteiger charge is -2.02. The third kappa shape index (κ3) is 3.72. The zero-order valence-electron chi connectivity index (χ0n) is 9.64. The van der Waals surface area contributed by atoms with Gasteiger partial charge in [0.1, 0.15) is 0 Å². The van der Waals surface area contributed by atoms with Crippen molar-refractivity contribution in [3.63, 3.8) is 0 Å². The predicted octanol–water partition coefficient (Wildman–Crippen LogP) is 2.93. The fourth-order valence-electron chi connectivity index (χ4n) is 1.28. The number of hydrogen-bond donors (Lipinski definition) is 1. The summed E-state index contributed by atoms with van der Waals surface area (Å²) in [5, 5.41) is 8.47. The highest BCUT2D eigenvalue weighted by molar-refractivity contribution is 6.08. The molecule has 1 aromatic rings. The zero-order chi connectivity index (χ0) is 12.8. The number of allylic oxidation sites excluding steroid dienone is 1. The number of carbonyl (C=O) groups is 2. The van der Waals surface area contributed by atoms with Crippen molar-refractivity contribution in [1.29, 1.82) is 0 Å². The minimum Gasteiger partial charge on any atom is -0.478 e. The van der Waals surface area contributed by atoms with Gasteiger partial charge in [0.2, 0.25) is 0 Å². The van der Waals surface area contributed by atoms with E-state index in [1.54, 1.807) is 24.3 Å². The molecule has 0 fully saturated rings. The van der Waals surface area contributed by atoms with Gasteiger partial charge in [-0.15, -0.1) is 0 Å². The Hall–Kier alpha value is -2.16. The Morgan fingerprint density at radius 1 is 1.29 bits per heavy atom. The number of rotatable bonds is 5. The first-order valence-corrected chi connectivity index (χ1v) is 5.28. The van der Waals surface area contributed by atoms with E-state index in [1.807, 2.05) is 6.92 Å². The summed E-state index contributed by atoms with van der Waals surface area (Å²) in [6, 6.07) is 6.75. The molecule has 0 saturated heterocycles. The van der Waals surface area contributed by atoms with Crippen molar-refractivity contribution in [3.8, 4) is 0 Å². The first-order valence-electron chi connectivity index (χ1n) is 5.28. The van der Waals surface area contributed by atoms with E-state index in [-0.39, 0.29) is 5.78 Å². The lowest BCUT2D eigenvalue weighted by molar-refractivity contribution is -0.131. The fourth-order valence-corrected chi connectivity index (χ4v) is 1.28. The van der Waals surface area contributed by atoms with Crippen molar-refractivity contribution in [2.24, 2.45) is 0 Å². The maximum Gasteiger partial charge on any atom is 0.328 e. The van der Waals surface area contributed by atoms with E-state index in [4.69, 9.17) is 5.11 Å². The number of ketones is 1. The number of carbonyl (C=O) groups excluding carboxylic acids is 1. The van der Waals surface area contributed by atoms with Gasteiger partial charge in [-0.05, 0) is 23.6 Å². The first-order chi connectivity index (χ1) is 8.04. The van der Waals surface area contributed by atoms with Crippen LogP contribution in [0, 0.1) is 0 Å². The minimum absolute atomic E-state index is 0.0683. The van der Waals surface area contributed by atoms with Gasteiger partial charge in [-0.25, -0.2) is 4.79 Å². The average Bonchev–Trinajstić information content (AvgIpc) is 2.35. The van der Waals surface area contributed by atoms with Crippen LogP contribution in [0.5, 0.6) is 0 Å². The van der Waals surface area contributed by atoms with Crippen LogP contribution in [-0.2, 0) is 4.79 Å². The van der Waals surface area contributed by atoms with Crippen molar-refractivity contribution < 1.29 is 14.7 Å². The van der Waals surface area contributed by atoms with Gasteiger partial charge < -0.3 is 5.11 Å². The SMILES string of the molecule is C=C(CC)C(=O)c1ccc(/C=C/C(=O)O)cc1. The summed E-state index contributed by atoms with van der Waals surface area (Å²) in [5.74, 6) is -1.06. The molecule has 88 valence electrons. The smallest absolute Gasteiger partial charge is 0.328 e. The van der Waals surface area contributed by atoms with Crippen LogP contribution >= 0.6 is 0 Å². The number of hydrogen-bond acceptors (Lipinski definition) is 2. The largest absolute Gasteiger partial charge is 0.478 e. The predicted molar refractivity (Wildman–Crippen MR) is 66.9 cm³/mol. The second kappa shape index (κ2) is 5.80. The van der Waals surface area contributed by atoms with Crippen molar-refractivity contribution in [2.75, 3.05) is 0 Å². The standard InChI is InChI=1S/C14H14O3/c1-3-10(2)14(17)12-7-4-11(5-8-12)6-9-13(15)16/h4-9H,2-3H2,1H3,(H,15,16)/b9-6+. The fraction of sp³-hybridized carbons (Fsp3) is 0.143. The van der Waals surface area contributed by atoms with Crippen molar-refractivity contribution in [1.82, 2.24) is 0 Å². The Morgan fingerprint density at radius 3 is 2.35 bits per heavy atom. The maximum absolute atomic E-state index is 11.7. The molecule has 0 aliphatic rings. The zero-order valence-corrected chi connectivity index (χ0v) is 9.64. The number of benzene rings is 1. The minimum atomic E-state index is -0.996. The molecule has 0 aliphatic heterocycles. The Labute approximate surface area is 100 Å². The number of carboxylic acid groups (broad SMARTS) is 1. The van der Waals surface area contributed by atoms with Crippen LogP contribution in [0.4, 0.5) is 0 Å². The van der Waals surface area contributed by atoms with Crippen LogP contribution in [0.1, 0.15) is 29.3 Å². The van der Waals surface area contributed by atoms with E-state index in [0.29, 0.717) is 17.6 Å². The molecule has 1 rings (SSSR count). The summed E-state index contributed by atoms with van der Waals surface area (Å²) in [5.41, 5.74) is 1.88. The third-order valence-electron chi connectivity index (χ3n) is 2.34. The number of aliphatic carboxylic acids is 1. The second-order valence-electron chi connectivity index (χ2n) is 3.58. The number of carboxylic acids is 1. The van der Waals surface area contributed by atoms with Gasteiger partial charge in [-0.1, -0.05) is 37.8 Å². The summed E-state index contributed by atoms with van der Waals surface area (Å²) in [7, 11) is 0. The average molecular weight is 230 g/mol. The van der Waals surface area contributed by atoms with Gasteiger partial charge in [0, 0.05) is 11.6 Å². The topological polar surface area (TPSA) is 54.4 Å². The van der Waals surface area contributed by atoms with E-state index in [1.165, 1.54) is 6.08 Å². The normalized spacial score (nSPS) is 10.4. The van der Waals surface area contributed by atoms with Crippen LogP contribution in [0.25, 0.3) is 6.08 Å². The summed E-state index contributed by atoms with van der Waals surface area (Å²) >= 11 is 0. The quantitative estimate of drug-likeness (QED) is 0.625. The lowest BCUT2D eigenvalue weighted by atomic mass is 10.0. The molecule has 0 bridgehead atoms. The molecule has 0 saturated carbocycles. The second-order valence-corrected chi connectivity index (χ2v) is 3.58. The molecule has 0 unspecified atom stereocenters. The molecule has 0 atom stereocenters. The molecule has 3 nitrogen and oxygen atoms in total. The molecule has 1 aromatic carbocycles. The molecule has 0 radical (unpaired) electrons. The monoisotopic (exact) mass is 230 g/mol. The van der Waals surface area contributed by atoms with E-state index in [9.17, 15) is 9.59 Å². The van der Waals surface area contributed by atoms with E-state index in [2.05, 4.69) is 6.58 Å². The van der Waals surface area contributed by atoms with Crippen LogP contribution in [0.15, 0.2) is 42.5 Å². The van der Waals surface area contributed by atoms with Crippen LogP contribution in [-0.4, -0.2) is 16.9 Å². The Morgan fingerprint density at radius 2 is 1.88 bits per heavy atom. The van der Waals surface area contributed by atoms with Crippen molar-refractivity contribution in [3.05, 3.63) is 53.6 Å². The van der Waals surface area contributed by atoms with Gasteiger partial charge in [0.15, 0.2) is 5.78 Å². The highest BCUT2D eigenvalue weighted by atomic mass is 16.4. The Kier molecular flexibility index (Phi) is 4.40. The van der Waals surface area contributed by atoms with Gasteiger partial charge in [-0.3, -0.25) is 4.79 Å². The van der Waals surface area contributed by atoms with Crippen molar-refractivity contribution in [2.45, 2.75) is 13.3 Å². The number of Topliss-reactive ketones (excluding diaryl/α,β-unsaturated/α-hetero) is 1. The molecule has 0 heterocycles. The van der Waals surface area contributed by atoms with Crippen LogP contribution in [0.3, 0.4) is 0 Å². The van der Waals surface area contributed by atoms with Crippen LogP contribution < -0.4 is 0 Å². The maximum atomic E-state index is 11.7. The molecule has 17 heavy (non-hydrogen) atoms. The molecule has 0 aromatic heterocycles. The van der Waals surface area contributed by atoms with Crippen LogP contribution in [0.2, 0.25) is 0 Å². The van der Waals surface area contributed by atoms with Gasteiger partial charge in [0.25, 0.3) is 0 Å². The van der Waals surface area contributed by atoms with Gasteiger partial charge in [0.05, 0.1) is 0 Å². The molecule has 0 aliphatic carbocycles. The molecule has 1 N–H and O–H groups in total. The third-order valence-corrected chi connectivity index (χ3v) is 2.34. The Balaban J connectivity index is 2.85. The van der Waals surface area contributed by atoms with Gasteiger partial charge in [-0.2, -0.15) is 0 Å². The Bertz CT molecular complexity index is 467. The highest BCUT2D eigenvalue weighted by Crippen LogP contribution is 2.12. The van der Waals surface area contributed by atoms with E-state index >= 15 is 0 Å².